The Hall–Kier alpha value is -2.66. The highest BCUT2D eigenvalue weighted by molar-refractivity contribution is 6.39. The molecule has 0 atom stereocenters. The normalized spacial score (nSPS) is 18.5. The van der Waals surface area contributed by atoms with Crippen LogP contribution >= 0.6 is 23.2 Å². The van der Waals surface area contributed by atoms with Gasteiger partial charge in [-0.25, -0.2) is 0 Å². The van der Waals surface area contributed by atoms with E-state index in [1.807, 2.05) is 0 Å². The third kappa shape index (κ3) is 6.81. The minimum absolute atomic E-state index is 0.0376. The van der Waals surface area contributed by atoms with E-state index in [-0.39, 0.29) is 47.8 Å². The van der Waals surface area contributed by atoms with Gasteiger partial charge in [0.15, 0.2) is 11.5 Å². The molecule has 2 aromatic rings. The Morgan fingerprint density at radius 3 is 2.11 bits per heavy atom. The minimum atomic E-state index is -4.92. The second-order valence-electron chi connectivity index (χ2n) is 10.3. The average molecular weight is 563 g/mol. The van der Waals surface area contributed by atoms with E-state index in [9.17, 15) is 32.7 Å². The largest absolute Gasteiger partial charge is 0.481 e. The maximum Gasteiger partial charge on any atom is 0.433 e. The van der Waals surface area contributed by atoms with Crippen LogP contribution in [-0.4, -0.2) is 55.5 Å². The molecule has 2 aromatic heterocycles. The predicted molar refractivity (Wildman–Crippen MR) is 130 cm³/mol. The second kappa shape index (κ2) is 11.0. The van der Waals surface area contributed by atoms with Gasteiger partial charge in [0.1, 0.15) is 0 Å². The first-order chi connectivity index (χ1) is 17.1. The highest BCUT2D eigenvalue weighted by atomic mass is 35.5. The second-order valence-corrected chi connectivity index (χ2v) is 11.1. The molecule has 202 valence electrons. The van der Waals surface area contributed by atoms with E-state index >= 15 is 0 Å². The van der Waals surface area contributed by atoms with Crippen molar-refractivity contribution >= 4 is 40.9 Å². The molecule has 37 heavy (non-hydrogen) atoms. The monoisotopic (exact) mass is 562 g/mol. The van der Waals surface area contributed by atoms with Crippen molar-refractivity contribution in [2.75, 3.05) is 13.1 Å². The van der Waals surface area contributed by atoms with Crippen molar-refractivity contribution in [3.05, 3.63) is 45.5 Å². The molecule has 13 heteroatoms. The van der Waals surface area contributed by atoms with E-state index in [1.54, 1.807) is 20.8 Å². The Morgan fingerprint density at radius 2 is 1.62 bits per heavy atom. The predicted octanol–water partition coefficient (Wildman–Crippen LogP) is 5.79. The third-order valence-corrected chi connectivity index (χ3v) is 6.68. The molecule has 2 heterocycles. The zero-order valence-corrected chi connectivity index (χ0v) is 22.0. The van der Waals surface area contributed by atoms with Crippen LogP contribution < -0.4 is 0 Å². The molecule has 8 nitrogen and oxygen atoms in total. The summed E-state index contributed by atoms with van der Waals surface area (Å²) in [4.78, 5) is 42.6. The number of nitrogens with zero attached hydrogens (tertiary/aromatic N) is 4. The minimum Gasteiger partial charge on any atom is -0.481 e. The van der Waals surface area contributed by atoms with Crippen LogP contribution in [0.1, 0.15) is 78.9 Å². The number of carbonyl (C=O) groups excluding carboxylic acids is 2. The smallest absolute Gasteiger partial charge is 0.433 e. The summed E-state index contributed by atoms with van der Waals surface area (Å²) in [6.07, 6.45) is -0.863. The Kier molecular flexibility index (Phi) is 8.58. The number of carboxylic acids is 1. The molecule has 0 unspecified atom stereocenters. The van der Waals surface area contributed by atoms with Crippen molar-refractivity contribution in [1.82, 2.24) is 19.7 Å². The first kappa shape index (κ1) is 28.9. The first-order valence-corrected chi connectivity index (χ1v) is 12.3. The van der Waals surface area contributed by atoms with Crippen LogP contribution in [0.2, 0.25) is 10.0 Å². The summed E-state index contributed by atoms with van der Waals surface area (Å²) in [5, 5.41) is 13.0. The number of hydrogen-bond donors (Lipinski definition) is 1. The van der Waals surface area contributed by atoms with E-state index in [2.05, 4.69) is 10.1 Å². The lowest BCUT2D eigenvalue weighted by molar-refractivity contribution is -0.147. The molecule has 1 saturated carbocycles. The summed E-state index contributed by atoms with van der Waals surface area (Å²) < 4.78 is 43.6. The lowest BCUT2D eigenvalue weighted by Crippen LogP contribution is -2.42. The van der Waals surface area contributed by atoms with E-state index in [0.29, 0.717) is 0 Å². The van der Waals surface area contributed by atoms with Gasteiger partial charge in [-0.15, -0.1) is 0 Å². The molecule has 0 aliphatic heterocycles. The van der Waals surface area contributed by atoms with Crippen molar-refractivity contribution in [1.29, 1.82) is 0 Å². The fourth-order valence-electron chi connectivity index (χ4n) is 4.52. The van der Waals surface area contributed by atoms with Crippen molar-refractivity contribution in [2.24, 2.45) is 11.3 Å². The third-order valence-electron chi connectivity index (χ3n) is 6.11. The molecule has 1 amide bonds. The fourth-order valence-corrected chi connectivity index (χ4v) is 5.09. The molecular formula is C24H27Cl2F3N4O4. The van der Waals surface area contributed by atoms with E-state index in [4.69, 9.17) is 23.2 Å². The number of aliphatic carboxylic acids is 1. The van der Waals surface area contributed by atoms with Crippen molar-refractivity contribution in [3.8, 4) is 0 Å². The summed E-state index contributed by atoms with van der Waals surface area (Å²) in [7, 11) is 0. The Morgan fingerprint density at radius 1 is 1.05 bits per heavy atom. The topological polar surface area (TPSA) is 105 Å². The van der Waals surface area contributed by atoms with Crippen molar-refractivity contribution in [3.63, 3.8) is 0 Å². The Labute approximate surface area is 221 Å². The number of Topliss-reactive ketones (excluding diaryl/α,β-unsaturated/α-hetero) is 1. The van der Waals surface area contributed by atoms with Crippen LogP contribution in [-0.2, 0) is 11.0 Å². The molecule has 0 saturated heterocycles. The number of alkyl halides is 3. The van der Waals surface area contributed by atoms with Crippen LogP contribution in [0.25, 0.3) is 0 Å². The summed E-state index contributed by atoms with van der Waals surface area (Å²) in [6.45, 7) is 4.73. The molecule has 0 spiro atoms. The van der Waals surface area contributed by atoms with Crippen molar-refractivity contribution < 1.29 is 32.7 Å². The van der Waals surface area contributed by atoms with Crippen LogP contribution in [0, 0.1) is 11.3 Å². The van der Waals surface area contributed by atoms with E-state index < -0.39 is 59.0 Å². The summed E-state index contributed by atoms with van der Waals surface area (Å²) in [6, 6.07) is -0.707. The molecule has 3 rings (SSSR count). The number of amides is 1. The first-order valence-electron chi connectivity index (χ1n) is 11.6. The maximum absolute atomic E-state index is 14.3. The summed E-state index contributed by atoms with van der Waals surface area (Å²) in [5.74, 6) is -3.27. The Bertz CT molecular complexity index is 1170. The van der Waals surface area contributed by atoms with Crippen molar-refractivity contribution in [2.45, 2.75) is 58.7 Å². The van der Waals surface area contributed by atoms with E-state index in [1.165, 1.54) is 12.4 Å². The molecule has 1 fully saturated rings. The van der Waals surface area contributed by atoms with Crippen LogP contribution in [0.15, 0.2) is 18.6 Å². The molecule has 1 N–H and O–H groups in total. The zero-order valence-electron chi connectivity index (χ0n) is 20.5. The van der Waals surface area contributed by atoms with Gasteiger partial charge in [0.2, 0.25) is 0 Å². The maximum atomic E-state index is 14.3. The van der Waals surface area contributed by atoms with Gasteiger partial charge in [-0.2, -0.15) is 18.3 Å². The Balaban J connectivity index is 1.97. The van der Waals surface area contributed by atoms with Gasteiger partial charge in [0, 0.05) is 18.9 Å². The summed E-state index contributed by atoms with van der Waals surface area (Å²) in [5.41, 5.74) is -2.54. The van der Waals surface area contributed by atoms with Gasteiger partial charge < -0.3 is 10.0 Å². The molecule has 0 aromatic carbocycles. The quantitative estimate of drug-likeness (QED) is 0.428. The van der Waals surface area contributed by atoms with Crippen LogP contribution in [0.5, 0.6) is 0 Å². The standard InChI is InChI=1S/C24H27Cl2F3N4O4/c1-23(2,3)12-32(11-18(34)19-16(25)9-30-10-17(19)26)21(35)15-8-31-33(20(15)24(27,28)29)14-6-4-13(5-7-14)22(36)37/h8-10,13-14H,4-7,11-12H2,1-3H3,(H,36,37)/t13-,14-. The SMILES string of the molecule is CC(C)(C)CN(CC(=O)c1c(Cl)cncc1Cl)C(=O)c1cnn([C@H]2CC[C@H](C(=O)O)CC2)c1C(F)(F)F. The van der Waals surface area contributed by atoms with Gasteiger partial charge >= 0.3 is 12.1 Å². The fraction of sp³-hybridized carbons (Fsp3) is 0.542. The van der Waals surface area contributed by atoms with Gasteiger partial charge in [0.25, 0.3) is 5.91 Å². The number of aromatic nitrogens is 3. The van der Waals surface area contributed by atoms with E-state index in [0.717, 1.165) is 15.8 Å². The average Bonchev–Trinajstić information content (AvgIpc) is 3.23. The number of hydrogen-bond acceptors (Lipinski definition) is 5. The number of pyridine rings is 1. The number of carboxylic acid groups (broad SMARTS) is 1. The van der Waals surface area contributed by atoms with Gasteiger partial charge in [0.05, 0.1) is 45.9 Å². The molecule has 0 radical (unpaired) electrons. The number of rotatable bonds is 7. The molecule has 1 aliphatic carbocycles. The molecule has 1 aliphatic rings. The zero-order chi connectivity index (χ0) is 27.7. The number of carbonyl (C=O) groups is 3. The highest BCUT2D eigenvalue weighted by Gasteiger charge is 2.43. The molecule has 0 bridgehead atoms. The van der Waals surface area contributed by atoms with Gasteiger partial charge in [-0.1, -0.05) is 44.0 Å². The van der Waals surface area contributed by atoms with Crippen LogP contribution in [0.3, 0.4) is 0 Å². The van der Waals surface area contributed by atoms with Gasteiger partial charge in [-0.05, 0) is 31.1 Å². The lowest BCUT2D eigenvalue weighted by Gasteiger charge is -2.30. The molecular weight excluding hydrogens is 536 g/mol. The van der Waals surface area contributed by atoms with Crippen LogP contribution in [0.4, 0.5) is 13.2 Å². The van der Waals surface area contributed by atoms with Gasteiger partial charge in [-0.3, -0.25) is 24.0 Å². The summed E-state index contributed by atoms with van der Waals surface area (Å²) >= 11 is 12.1. The number of halogens is 5. The highest BCUT2D eigenvalue weighted by Crippen LogP contribution is 2.39. The lowest BCUT2D eigenvalue weighted by atomic mass is 9.86. The number of ketones is 1.